The van der Waals surface area contributed by atoms with E-state index in [2.05, 4.69) is 9.80 Å². The van der Waals surface area contributed by atoms with Crippen LogP contribution in [0.15, 0.2) is 24.3 Å². The molecule has 3 heterocycles. The maximum atomic E-state index is 12.5. The highest BCUT2D eigenvalue weighted by Gasteiger charge is 2.45. The van der Waals surface area contributed by atoms with Crippen LogP contribution in [0.2, 0.25) is 0 Å². The number of piperidine rings is 1. The van der Waals surface area contributed by atoms with Gasteiger partial charge in [0, 0.05) is 62.5 Å². The van der Waals surface area contributed by atoms with Gasteiger partial charge in [-0.1, -0.05) is 0 Å². The molecule has 1 aromatic rings. The van der Waals surface area contributed by atoms with Gasteiger partial charge in [-0.3, -0.25) is 10.1 Å². The van der Waals surface area contributed by atoms with Gasteiger partial charge < -0.3 is 19.4 Å². The number of carbonyl (C=O) groups is 1. The van der Waals surface area contributed by atoms with Crippen LogP contribution in [0.5, 0.6) is 0 Å². The van der Waals surface area contributed by atoms with E-state index in [0.29, 0.717) is 5.92 Å². The van der Waals surface area contributed by atoms with E-state index in [1.165, 1.54) is 0 Å². The summed E-state index contributed by atoms with van der Waals surface area (Å²) in [6.45, 7) is 12.7. The van der Waals surface area contributed by atoms with Crippen LogP contribution in [0.3, 0.4) is 0 Å². The van der Waals surface area contributed by atoms with Gasteiger partial charge in [0.05, 0.1) is 4.92 Å². The summed E-state index contributed by atoms with van der Waals surface area (Å²) in [6.07, 6.45) is 4.34. The molecule has 1 spiro atoms. The Morgan fingerprint density at radius 1 is 1.09 bits per heavy atom. The molecular formula is C24H36N4O4. The first-order valence-electron chi connectivity index (χ1n) is 11.8. The average molecular weight is 445 g/mol. The normalized spacial score (nSPS) is 25.0. The number of hydrogen-bond acceptors (Lipinski definition) is 6. The molecule has 0 aliphatic carbocycles. The highest BCUT2D eigenvalue weighted by molar-refractivity contribution is 5.68. The molecule has 3 saturated heterocycles. The van der Waals surface area contributed by atoms with Crippen molar-refractivity contribution < 1.29 is 14.5 Å². The van der Waals surface area contributed by atoms with Crippen LogP contribution in [-0.2, 0) is 4.74 Å². The molecule has 3 aliphatic rings. The van der Waals surface area contributed by atoms with Gasteiger partial charge in [0.25, 0.3) is 5.69 Å². The Bertz CT molecular complexity index is 829. The Kier molecular flexibility index (Phi) is 6.34. The monoisotopic (exact) mass is 444 g/mol. The Labute approximate surface area is 190 Å². The molecule has 0 aromatic heterocycles. The van der Waals surface area contributed by atoms with E-state index >= 15 is 0 Å². The van der Waals surface area contributed by atoms with Gasteiger partial charge in [0.15, 0.2) is 0 Å². The van der Waals surface area contributed by atoms with Crippen molar-refractivity contribution in [3.8, 4) is 0 Å². The van der Waals surface area contributed by atoms with Gasteiger partial charge in [-0.05, 0) is 71.0 Å². The second-order valence-corrected chi connectivity index (χ2v) is 10.8. The molecule has 0 radical (unpaired) electrons. The standard InChI is InChI=1S/C24H36N4O4/c1-23(2,3)32-22(29)27-15-11-24(18-27)10-14-25(17-24)16-19-8-12-26(13-9-19)20-4-6-21(7-5-20)28(30)31/h4-7,19H,8-18H2,1-3H3. The summed E-state index contributed by atoms with van der Waals surface area (Å²) in [5.41, 5.74) is 1.000. The lowest BCUT2D eigenvalue weighted by Gasteiger charge is -2.35. The summed E-state index contributed by atoms with van der Waals surface area (Å²) in [4.78, 5) is 29.8. The summed E-state index contributed by atoms with van der Waals surface area (Å²) in [5, 5.41) is 10.9. The van der Waals surface area contributed by atoms with E-state index in [9.17, 15) is 14.9 Å². The molecule has 0 saturated carbocycles. The minimum Gasteiger partial charge on any atom is -0.444 e. The lowest BCUT2D eigenvalue weighted by Crippen LogP contribution is -2.40. The molecule has 1 unspecified atom stereocenters. The van der Waals surface area contributed by atoms with E-state index in [4.69, 9.17) is 4.74 Å². The number of nitrogens with zero attached hydrogens (tertiary/aromatic N) is 4. The maximum Gasteiger partial charge on any atom is 0.410 e. The van der Waals surface area contributed by atoms with Crippen LogP contribution in [0.1, 0.15) is 46.5 Å². The van der Waals surface area contributed by atoms with Crippen LogP contribution in [0.25, 0.3) is 0 Å². The number of nitro benzene ring substituents is 1. The fraction of sp³-hybridized carbons (Fsp3) is 0.708. The predicted octanol–water partition coefficient (Wildman–Crippen LogP) is 4.14. The third kappa shape index (κ3) is 5.34. The molecule has 1 aromatic carbocycles. The summed E-state index contributed by atoms with van der Waals surface area (Å²) < 4.78 is 5.57. The second kappa shape index (κ2) is 8.89. The number of anilines is 1. The maximum absolute atomic E-state index is 12.5. The first-order valence-corrected chi connectivity index (χ1v) is 11.8. The van der Waals surface area contributed by atoms with Crippen LogP contribution >= 0.6 is 0 Å². The van der Waals surface area contributed by atoms with Gasteiger partial charge in [-0.15, -0.1) is 0 Å². The van der Waals surface area contributed by atoms with Crippen molar-refractivity contribution in [3.63, 3.8) is 0 Å². The Balaban J connectivity index is 1.23. The predicted molar refractivity (Wildman–Crippen MR) is 124 cm³/mol. The molecule has 8 heteroatoms. The Morgan fingerprint density at radius 2 is 1.75 bits per heavy atom. The molecule has 4 rings (SSSR count). The van der Waals surface area contributed by atoms with E-state index in [1.807, 2.05) is 37.8 Å². The van der Waals surface area contributed by atoms with Crippen molar-refractivity contribution in [1.82, 2.24) is 9.80 Å². The number of benzene rings is 1. The number of carbonyl (C=O) groups excluding carboxylic acids is 1. The van der Waals surface area contributed by atoms with Crippen LogP contribution in [-0.4, -0.2) is 72.2 Å². The summed E-state index contributed by atoms with van der Waals surface area (Å²) in [5.74, 6) is 0.683. The highest BCUT2D eigenvalue weighted by Crippen LogP contribution is 2.40. The number of hydrogen-bond donors (Lipinski definition) is 0. The van der Waals surface area contributed by atoms with Gasteiger partial charge in [0.2, 0.25) is 0 Å². The molecule has 3 fully saturated rings. The van der Waals surface area contributed by atoms with Gasteiger partial charge >= 0.3 is 6.09 Å². The third-order valence-electron chi connectivity index (χ3n) is 7.16. The van der Waals surface area contributed by atoms with E-state index < -0.39 is 5.60 Å². The Hall–Kier alpha value is -2.35. The average Bonchev–Trinajstić information content (AvgIpc) is 3.34. The number of nitro groups is 1. The largest absolute Gasteiger partial charge is 0.444 e. The molecule has 176 valence electrons. The summed E-state index contributed by atoms with van der Waals surface area (Å²) in [6, 6.07) is 6.90. The second-order valence-electron chi connectivity index (χ2n) is 10.8. The van der Waals surface area contributed by atoms with Crippen molar-refractivity contribution in [2.24, 2.45) is 11.3 Å². The Morgan fingerprint density at radius 3 is 2.38 bits per heavy atom. The van der Waals surface area contributed by atoms with Gasteiger partial charge in [-0.2, -0.15) is 0 Å². The van der Waals surface area contributed by atoms with Crippen molar-refractivity contribution in [2.75, 3.05) is 50.7 Å². The molecule has 0 N–H and O–H groups in total. The quantitative estimate of drug-likeness (QED) is 0.513. The summed E-state index contributed by atoms with van der Waals surface area (Å²) >= 11 is 0. The van der Waals surface area contributed by atoms with Gasteiger partial charge in [-0.25, -0.2) is 4.79 Å². The molecule has 0 bridgehead atoms. The van der Waals surface area contributed by atoms with E-state index in [0.717, 1.165) is 77.2 Å². The summed E-state index contributed by atoms with van der Waals surface area (Å²) in [7, 11) is 0. The minimum absolute atomic E-state index is 0.142. The van der Waals surface area contributed by atoms with Crippen LogP contribution in [0, 0.1) is 21.4 Å². The number of likely N-dealkylation sites (tertiary alicyclic amines) is 2. The molecule has 3 aliphatic heterocycles. The topological polar surface area (TPSA) is 79.2 Å². The fourth-order valence-corrected chi connectivity index (χ4v) is 5.46. The van der Waals surface area contributed by atoms with E-state index in [-0.39, 0.29) is 22.1 Å². The van der Waals surface area contributed by atoms with Crippen molar-refractivity contribution in [3.05, 3.63) is 34.4 Å². The molecule has 8 nitrogen and oxygen atoms in total. The number of rotatable bonds is 4. The first-order chi connectivity index (χ1) is 15.1. The zero-order valence-electron chi connectivity index (χ0n) is 19.6. The zero-order chi connectivity index (χ0) is 22.9. The third-order valence-corrected chi connectivity index (χ3v) is 7.16. The minimum atomic E-state index is -0.447. The SMILES string of the molecule is CC(C)(C)OC(=O)N1CCC2(CCN(CC3CCN(c4ccc([N+](=O)[O-])cc4)CC3)C2)C1. The molecular weight excluding hydrogens is 408 g/mol. The van der Waals surface area contributed by atoms with Crippen LogP contribution < -0.4 is 4.90 Å². The number of ether oxygens (including phenoxy) is 1. The van der Waals surface area contributed by atoms with Gasteiger partial charge in [0.1, 0.15) is 5.60 Å². The molecule has 1 atom stereocenters. The smallest absolute Gasteiger partial charge is 0.410 e. The van der Waals surface area contributed by atoms with E-state index in [1.54, 1.807) is 12.1 Å². The molecule has 1 amide bonds. The number of amides is 1. The van der Waals surface area contributed by atoms with Crippen LogP contribution in [0.4, 0.5) is 16.2 Å². The van der Waals surface area contributed by atoms with Crippen molar-refractivity contribution >= 4 is 17.5 Å². The van der Waals surface area contributed by atoms with Crippen molar-refractivity contribution in [2.45, 2.75) is 52.1 Å². The zero-order valence-corrected chi connectivity index (χ0v) is 19.6. The number of non-ortho nitro benzene ring substituents is 1. The highest BCUT2D eigenvalue weighted by atomic mass is 16.6. The van der Waals surface area contributed by atoms with Crippen molar-refractivity contribution in [1.29, 1.82) is 0 Å². The lowest BCUT2D eigenvalue weighted by molar-refractivity contribution is -0.384. The fourth-order valence-electron chi connectivity index (χ4n) is 5.46. The lowest BCUT2D eigenvalue weighted by atomic mass is 9.86. The molecule has 32 heavy (non-hydrogen) atoms. The first kappa shape index (κ1) is 22.8.